The Labute approximate surface area is 189 Å². The van der Waals surface area contributed by atoms with Crippen LogP contribution in [-0.2, 0) is 14.3 Å². The second-order valence-corrected chi connectivity index (χ2v) is 7.34. The van der Waals surface area contributed by atoms with Gasteiger partial charge in [-0.3, -0.25) is 9.59 Å². The van der Waals surface area contributed by atoms with Gasteiger partial charge in [-0.15, -0.1) is 0 Å². The first kappa shape index (κ1) is 25.1. The van der Waals surface area contributed by atoms with Gasteiger partial charge in [0.2, 0.25) is 5.91 Å². The van der Waals surface area contributed by atoms with Gasteiger partial charge in [-0.2, -0.15) is 0 Å². The molecule has 1 fully saturated rings. The Balaban J connectivity index is 0.000000228. The third kappa shape index (κ3) is 7.20. The fourth-order valence-electron chi connectivity index (χ4n) is 3.65. The van der Waals surface area contributed by atoms with Crippen LogP contribution < -0.4 is 10.1 Å². The third-order valence-corrected chi connectivity index (χ3v) is 5.12. The van der Waals surface area contributed by atoms with Gasteiger partial charge in [0.1, 0.15) is 23.8 Å². The summed E-state index contributed by atoms with van der Waals surface area (Å²) in [4.78, 5) is 36.0. The Morgan fingerprint density at radius 1 is 1.06 bits per heavy atom. The molecule has 2 aromatic carbocycles. The zero-order chi connectivity index (χ0) is 23.3. The lowest BCUT2D eigenvalue weighted by atomic mass is 10.1. The molecule has 0 spiro atoms. The molecule has 0 aromatic heterocycles. The summed E-state index contributed by atoms with van der Waals surface area (Å²) in [5, 5.41) is 2.84. The van der Waals surface area contributed by atoms with Crippen molar-refractivity contribution in [2.24, 2.45) is 0 Å². The Morgan fingerprint density at radius 3 is 2.41 bits per heavy atom. The van der Waals surface area contributed by atoms with Crippen molar-refractivity contribution >= 4 is 18.2 Å². The number of hydrogen-bond donors (Lipinski definition) is 1. The number of para-hydroxylation sites is 1. The Hall–Kier alpha value is -3.19. The third-order valence-electron chi connectivity index (χ3n) is 5.12. The average Bonchev–Trinajstić information content (AvgIpc) is 3.25. The predicted octanol–water partition coefficient (Wildman–Crippen LogP) is 3.83. The molecule has 1 aliphatic rings. The van der Waals surface area contributed by atoms with Crippen molar-refractivity contribution in [2.45, 2.75) is 45.2 Å². The number of nitrogens with one attached hydrogen (secondary N) is 1. The first-order chi connectivity index (χ1) is 15.5. The molecule has 1 N–H and O–H groups in total. The van der Waals surface area contributed by atoms with Crippen molar-refractivity contribution in [3.05, 3.63) is 60.2 Å². The number of carbonyl (C=O) groups excluding carboxylic acids is 3. The van der Waals surface area contributed by atoms with E-state index in [9.17, 15) is 14.4 Å². The molecule has 7 heteroatoms. The standard InChI is InChI=1S/C13H10O2.C12H22N2O3/c14-10-11-5-4-8-13(9-11)15-12-6-2-1-3-7-12;1-4-9-6-7-10(12(16)17-5-2)14(9)11(15)8-13-3/h1-10H;9-10,13H,4-8H2,1-3H3. The van der Waals surface area contributed by atoms with Gasteiger partial charge in [-0.05, 0) is 57.5 Å². The van der Waals surface area contributed by atoms with Gasteiger partial charge in [0, 0.05) is 11.6 Å². The van der Waals surface area contributed by atoms with Crippen LogP contribution in [0.25, 0.3) is 0 Å². The second-order valence-electron chi connectivity index (χ2n) is 7.34. The molecule has 1 aliphatic heterocycles. The van der Waals surface area contributed by atoms with E-state index in [2.05, 4.69) is 5.32 Å². The van der Waals surface area contributed by atoms with Gasteiger partial charge in [0.05, 0.1) is 13.2 Å². The minimum atomic E-state index is -0.388. The highest BCUT2D eigenvalue weighted by atomic mass is 16.5. The molecular weight excluding hydrogens is 408 g/mol. The highest BCUT2D eigenvalue weighted by Crippen LogP contribution is 2.27. The summed E-state index contributed by atoms with van der Waals surface area (Å²) in [7, 11) is 1.73. The van der Waals surface area contributed by atoms with Gasteiger partial charge in [-0.25, -0.2) is 4.79 Å². The average molecular weight is 441 g/mol. The molecule has 172 valence electrons. The molecule has 0 aliphatic carbocycles. The number of hydrogen-bond acceptors (Lipinski definition) is 6. The molecular formula is C25H32N2O5. The van der Waals surface area contributed by atoms with Crippen molar-refractivity contribution in [1.29, 1.82) is 0 Å². The quantitative estimate of drug-likeness (QED) is 0.496. The number of likely N-dealkylation sites (N-methyl/N-ethyl adjacent to an activating group) is 1. The predicted molar refractivity (Wildman–Crippen MR) is 123 cm³/mol. The number of likely N-dealkylation sites (tertiary alicyclic amines) is 1. The molecule has 0 saturated carbocycles. The number of nitrogens with zero attached hydrogens (tertiary/aromatic N) is 1. The van der Waals surface area contributed by atoms with Crippen LogP contribution >= 0.6 is 0 Å². The maximum absolute atomic E-state index is 12.0. The van der Waals surface area contributed by atoms with E-state index in [4.69, 9.17) is 9.47 Å². The molecule has 1 saturated heterocycles. The normalized spacial score (nSPS) is 17.2. The van der Waals surface area contributed by atoms with E-state index in [1.54, 1.807) is 37.1 Å². The summed E-state index contributed by atoms with van der Waals surface area (Å²) in [6.45, 7) is 4.45. The molecule has 32 heavy (non-hydrogen) atoms. The van der Waals surface area contributed by atoms with E-state index in [1.165, 1.54) is 0 Å². The van der Waals surface area contributed by atoms with E-state index in [0.29, 0.717) is 24.3 Å². The van der Waals surface area contributed by atoms with Crippen LogP contribution in [0.1, 0.15) is 43.5 Å². The summed E-state index contributed by atoms with van der Waals surface area (Å²) in [6.07, 6.45) is 3.28. The summed E-state index contributed by atoms with van der Waals surface area (Å²) >= 11 is 0. The van der Waals surface area contributed by atoms with Gasteiger partial charge in [-0.1, -0.05) is 37.3 Å². The Morgan fingerprint density at radius 2 is 1.78 bits per heavy atom. The van der Waals surface area contributed by atoms with Crippen LogP contribution in [0.3, 0.4) is 0 Å². The number of aldehydes is 1. The maximum Gasteiger partial charge on any atom is 0.328 e. The number of rotatable bonds is 8. The molecule has 7 nitrogen and oxygen atoms in total. The van der Waals surface area contributed by atoms with E-state index in [1.807, 2.05) is 43.3 Å². The Kier molecular flexibility index (Phi) is 10.4. The molecule has 0 bridgehead atoms. The van der Waals surface area contributed by atoms with Gasteiger partial charge in [0.25, 0.3) is 0 Å². The number of benzene rings is 2. The minimum absolute atomic E-state index is 0.0186. The molecule has 3 rings (SSSR count). The minimum Gasteiger partial charge on any atom is -0.464 e. The van der Waals surface area contributed by atoms with Gasteiger partial charge in [0.15, 0.2) is 0 Å². The van der Waals surface area contributed by atoms with Crippen molar-refractivity contribution in [1.82, 2.24) is 10.2 Å². The summed E-state index contributed by atoms with van der Waals surface area (Å²) in [5.74, 6) is 1.15. The fourth-order valence-corrected chi connectivity index (χ4v) is 3.65. The Bertz CT molecular complexity index is 872. The molecule has 2 aromatic rings. The zero-order valence-electron chi connectivity index (χ0n) is 19.0. The largest absolute Gasteiger partial charge is 0.464 e. The molecule has 1 heterocycles. The topological polar surface area (TPSA) is 84.9 Å². The van der Waals surface area contributed by atoms with Gasteiger partial charge < -0.3 is 19.7 Å². The molecule has 0 radical (unpaired) electrons. The SMILES string of the molecule is CCOC(=O)C1CCC(CC)N1C(=O)CNC.O=Cc1cccc(Oc2ccccc2)c1. The van der Waals surface area contributed by atoms with Gasteiger partial charge >= 0.3 is 5.97 Å². The molecule has 2 unspecified atom stereocenters. The van der Waals surface area contributed by atoms with Crippen LogP contribution in [0.2, 0.25) is 0 Å². The van der Waals surface area contributed by atoms with Crippen LogP contribution in [0.5, 0.6) is 11.5 Å². The lowest BCUT2D eigenvalue weighted by molar-refractivity contribution is -0.153. The van der Waals surface area contributed by atoms with Crippen LogP contribution in [-0.4, -0.2) is 55.3 Å². The van der Waals surface area contributed by atoms with Crippen LogP contribution in [0, 0.1) is 0 Å². The smallest absolute Gasteiger partial charge is 0.328 e. The van der Waals surface area contributed by atoms with Crippen molar-refractivity contribution in [3.8, 4) is 11.5 Å². The monoisotopic (exact) mass is 440 g/mol. The van der Waals surface area contributed by atoms with Crippen LogP contribution in [0.15, 0.2) is 54.6 Å². The molecule has 1 amide bonds. The summed E-state index contributed by atoms with van der Waals surface area (Å²) in [5.41, 5.74) is 0.614. The number of ether oxygens (including phenoxy) is 2. The first-order valence-electron chi connectivity index (χ1n) is 10.9. The summed E-state index contributed by atoms with van der Waals surface area (Å²) < 4.78 is 10.6. The number of amides is 1. The lowest BCUT2D eigenvalue weighted by Gasteiger charge is -2.28. The van der Waals surface area contributed by atoms with E-state index in [0.717, 1.165) is 24.9 Å². The number of carbonyl (C=O) groups is 3. The van der Waals surface area contributed by atoms with E-state index in [-0.39, 0.29) is 30.5 Å². The first-order valence-corrected chi connectivity index (χ1v) is 10.9. The van der Waals surface area contributed by atoms with Crippen molar-refractivity contribution < 1.29 is 23.9 Å². The van der Waals surface area contributed by atoms with E-state index >= 15 is 0 Å². The highest BCUT2D eigenvalue weighted by molar-refractivity contribution is 5.86. The zero-order valence-corrected chi connectivity index (χ0v) is 19.0. The van der Waals surface area contributed by atoms with Crippen molar-refractivity contribution in [3.63, 3.8) is 0 Å². The molecule has 2 atom stereocenters. The fraction of sp³-hybridized carbons (Fsp3) is 0.400. The second kappa shape index (κ2) is 13.3. The maximum atomic E-state index is 12.0. The number of esters is 1. The highest BCUT2D eigenvalue weighted by Gasteiger charge is 2.40. The summed E-state index contributed by atoms with van der Waals surface area (Å²) in [6, 6.07) is 16.3. The van der Waals surface area contributed by atoms with E-state index < -0.39 is 0 Å². The lowest BCUT2D eigenvalue weighted by Crippen LogP contribution is -2.48. The van der Waals surface area contributed by atoms with Crippen LogP contribution in [0.4, 0.5) is 0 Å². The van der Waals surface area contributed by atoms with Crippen molar-refractivity contribution in [2.75, 3.05) is 20.2 Å².